The number of benzene rings is 2. The first-order valence-corrected chi connectivity index (χ1v) is 7.28. The lowest BCUT2D eigenvalue weighted by molar-refractivity contribution is 0.0930. The van der Waals surface area contributed by atoms with Crippen LogP contribution in [0.3, 0.4) is 0 Å². The van der Waals surface area contributed by atoms with E-state index in [9.17, 15) is 4.79 Å². The second-order valence-electron chi connectivity index (χ2n) is 5.47. The quantitative estimate of drug-likeness (QED) is 0.922. The van der Waals surface area contributed by atoms with Gasteiger partial charge in [-0.05, 0) is 37.1 Å². The lowest BCUT2D eigenvalue weighted by Gasteiger charge is -2.20. The molecule has 22 heavy (non-hydrogen) atoms. The first kappa shape index (κ1) is 14.4. The van der Waals surface area contributed by atoms with Crippen molar-refractivity contribution in [2.45, 2.75) is 18.4 Å². The minimum Gasteiger partial charge on any atom is -0.497 e. The monoisotopic (exact) mass is 297 g/mol. The Morgan fingerprint density at radius 1 is 1.05 bits per heavy atom. The average molecular weight is 297 g/mol. The third kappa shape index (κ3) is 2.64. The predicted molar refractivity (Wildman–Crippen MR) is 84.4 cm³/mol. The van der Waals surface area contributed by atoms with Crippen molar-refractivity contribution in [3.05, 3.63) is 59.7 Å². The molecule has 1 fully saturated rings. The van der Waals surface area contributed by atoms with Gasteiger partial charge >= 0.3 is 0 Å². The van der Waals surface area contributed by atoms with Crippen molar-refractivity contribution >= 4 is 5.91 Å². The van der Waals surface area contributed by atoms with Gasteiger partial charge in [0, 0.05) is 11.1 Å². The molecule has 3 rings (SSSR count). The van der Waals surface area contributed by atoms with Crippen molar-refractivity contribution in [1.29, 1.82) is 0 Å². The van der Waals surface area contributed by atoms with Gasteiger partial charge in [0.05, 0.1) is 19.8 Å². The number of methoxy groups -OCH3 is 2. The van der Waals surface area contributed by atoms with Crippen LogP contribution < -0.4 is 14.8 Å². The summed E-state index contributed by atoms with van der Waals surface area (Å²) in [6.45, 7) is 0. The van der Waals surface area contributed by atoms with Crippen LogP contribution in [0.4, 0.5) is 0 Å². The van der Waals surface area contributed by atoms with E-state index in [-0.39, 0.29) is 11.4 Å². The van der Waals surface area contributed by atoms with Gasteiger partial charge in [0.1, 0.15) is 11.5 Å². The Balaban J connectivity index is 1.84. The maximum atomic E-state index is 12.5. The summed E-state index contributed by atoms with van der Waals surface area (Å²) in [5.74, 6) is 1.39. The van der Waals surface area contributed by atoms with E-state index in [0.717, 1.165) is 24.2 Å². The van der Waals surface area contributed by atoms with Crippen LogP contribution in [0.5, 0.6) is 11.5 Å². The summed E-state index contributed by atoms with van der Waals surface area (Å²) < 4.78 is 10.6. The van der Waals surface area contributed by atoms with Crippen molar-refractivity contribution in [2.75, 3.05) is 14.2 Å². The molecule has 114 valence electrons. The van der Waals surface area contributed by atoms with Crippen LogP contribution >= 0.6 is 0 Å². The maximum absolute atomic E-state index is 12.5. The topological polar surface area (TPSA) is 47.6 Å². The van der Waals surface area contributed by atoms with Gasteiger partial charge in [-0.15, -0.1) is 0 Å². The third-order valence-electron chi connectivity index (χ3n) is 4.06. The minimum absolute atomic E-state index is 0.0951. The minimum atomic E-state index is -0.313. The molecular formula is C18H19NO3. The summed E-state index contributed by atoms with van der Waals surface area (Å²) in [7, 11) is 3.24. The van der Waals surface area contributed by atoms with Gasteiger partial charge in [-0.25, -0.2) is 0 Å². The normalized spacial score (nSPS) is 15.0. The third-order valence-corrected chi connectivity index (χ3v) is 4.06. The molecule has 0 aliphatic heterocycles. The summed E-state index contributed by atoms with van der Waals surface area (Å²) in [5.41, 5.74) is 1.32. The second kappa shape index (κ2) is 5.72. The van der Waals surface area contributed by atoms with Crippen LogP contribution in [0, 0.1) is 0 Å². The maximum Gasteiger partial charge on any atom is 0.252 e. The molecule has 0 saturated heterocycles. The highest BCUT2D eigenvalue weighted by atomic mass is 16.5. The van der Waals surface area contributed by atoms with Crippen molar-refractivity contribution in [3.63, 3.8) is 0 Å². The molecule has 1 aliphatic rings. The Morgan fingerprint density at radius 3 is 2.50 bits per heavy atom. The van der Waals surface area contributed by atoms with E-state index in [1.165, 1.54) is 0 Å². The highest BCUT2D eigenvalue weighted by Crippen LogP contribution is 2.49. The molecule has 0 radical (unpaired) electrons. The van der Waals surface area contributed by atoms with E-state index >= 15 is 0 Å². The molecular weight excluding hydrogens is 278 g/mol. The highest BCUT2D eigenvalue weighted by Gasteiger charge is 2.47. The molecule has 4 nitrogen and oxygen atoms in total. The number of carbonyl (C=O) groups excluding carboxylic acids is 1. The molecule has 0 spiro atoms. The zero-order valence-electron chi connectivity index (χ0n) is 12.8. The lowest BCUT2D eigenvalue weighted by atomic mass is 10.0. The predicted octanol–water partition coefficient (Wildman–Crippen LogP) is 3.12. The molecule has 2 aromatic rings. The SMILES string of the molecule is COc1cccc(C(=O)NC2(c3ccccc3OC)CC2)c1. The number of ether oxygens (including phenoxy) is 2. The van der Waals surface area contributed by atoms with Crippen molar-refractivity contribution in [1.82, 2.24) is 5.32 Å². The van der Waals surface area contributed by atoms with Gasteiger partial charge in [-0.3, -0.25) is 4.79 Å². The molecule has 0 aromatic heterocycles. The van der Waals surface area contributed by atoms with Gasteiger partial charge in [0.25, 0.3) is 5.91 Å². The number of rotatable bonds is 5. The number of hydrogen-bond acceptors (Lipinski definition) is 3. The Labute approximate surface area is 130 Å². The van der Waals surface area contributed by atoms with Crippen molar-refractivity contribution in [2.24, 2.45) is 0 Å². The van der Waals surface area contributed by atoms with Crippen LogP contribution in [-0.2, 0) is 5.54 Å². The Morgan fingerprint density at radius 2 is 1.82 bits per heavy atom. The standard InChI is InChI=1S/C18H19NO3/c1-21-14-7-5-6-13(12-14)17(20)19-18(10-11-18)15-8-3-4-9-16(15)22-2/h3-9,12H,10-11H2,1-2H3,(H,19,20). The van der Waals surface area contributed by atoms with Crippen LogP contribution in [0.25, 0.3) is 0 Å². The lowest BCUT2D eigenvalue weighted by Crippen LogP contribution is -2.35. The van der Waals surface area contributed by atoms with E-state index in [2.05, 4.69) is 5.32 Å². The average Bonchev–Trinajstić information content (AvgIpc) is 3.35. The molecule has 0 unspecified atom stereocenters. The van der Waals surface area contributed by atoms with Crippen LogP contribution in [-0.4, -0.2) is 20.1 Å². The zero-order valence-corrected chi connectivity index (χ0v) is 12.8. The molecule has 1 saturated carbocycles. The number of amides is 1. The molecule has 1 N–H and O–H groups in total. The van der Waals surface area contributed by atoms with E-state index in [1.54, 1.807) is 26.4 Å². The summed E-state index contributed by atoms with van der Waals surface area (Å²) in [5, 5.41) is 3.15. The van der Waals surface area contributed by atoms with E-state index in [4.69, 9.17) is 9.47 Å². The molecule has 0 atom stereocenters. The smallest absolute Gasteiger partial charge is 0.252 e. The number of carbonyl (C=O) groups is 1. The first-order chi connectivity index (χ1) is 10.7. The fourth-order valence-corrected chi connectivity index (χ4v) is 2.68. The Hall–Kier alpha value is -2.49. The molecule has 0 heterocycles. The zero-order chi connectivity index (χ0) is 15.6. The largest absolute Gasteiger partial charge is 0.497 e. The van der Waals surface area contributed by atoms with Crippen molar-refractivity contribution < 1.29 is 14.3 Å². The molecule has 0 bridgehead atoms. The number of nitrogens with one attached hydrogen (secondary N) is 1. The van der Waals surface area contributed by atoms with E-state index in [0.29, 0.717) is 11.3 Å². The van der Waals surface area contributed by atoms with Crippen molar-refractivity contribution in [3.8, 4) is 11.5 Å². The molecule has 4 heteroatoms. The fourth-order valence-electron chi connectivity index (χ4n) is 2.68. The number of hydrogen-bond donors (Lipinski definition) is 1. The first-order valence-electron chi connectivity index (χ1n) is 7.28. The summed E-state index contributed by atoms with van der Waals surface area (Å²) in [6.07, 6.45) is 1.84. The van der Waals surface area contributed by atoms with Gasteiger partial charge in [0.15, 0.2) is 0 Å². The Bertz CT molecular complexity index is 692. The van der Waals surface area contributed by atoms with Gasteiger partial charge < -0.3 is 14.8 Å². The van der Waals surface area contributed by atoms with E-state index in [1.807, 2.05) is 36.4 Å². The van der Waals surface area contributed by atoms with Gasteiger partial charge in [-0.1, -0.05) is 24.3 Å². The molecule has 1 aliphatic carbocycles. The Kier molecular flexibility index (Phi) is 3.75. The van der Waals surface area contributed by atoms with Gasteiger partial charge in [-0.2, -0.15) is 0 Å². The van der Waals surface area contributed by atoms with Crippen LogP contribution in [0.1, 0.15) is 28.8 Å². The fraction of sp³-hybridized carbons (Fsp3) is 0.278. The summed E-state index contributed by atoms with van der Waals surface area (Å²) in [6, 6.07) is 15.0. The summed E-state index contributed by atoms with van der Waals surface area (Å²) >= 11 is 0. The second-order valence-corrected chi connectivity index (χ2v) is 5.47. The molecule has 1 amide bonds. The van der Waals surface area contributed by atoms with Crippen LogP contribution in [0.2, 0.25) is 0 Å². The number of para-hydroxylation sites is 1. The van der Waals surface area contributed by atoms with Gasteiger partial charge in [0.2, 0.25) is 0 Å². The highest BCUT2D eigenvalue weighted by molar-refractivity contribution is 5.95. The summed E-state index contributed by atoms with van der Waals surface area (Å²) in [4.78, 5) is 12.5. The van der Waals surface area contributed by atoms with Crippen LogP contribution in [0.15, 0.2) is 48.5 Å². The van der Waals surface area contributed by atoms with E-state index < -0.39 is 0 Å². The molecule has 2 aromatic carbocycles.